The molecule has 4 aliphatic rings. The lowest BCUT2D eigenvalue weighted by molar-refractivity contribution is -0.125. The molecule has 3 aromatic rings. The monoisotopic (exact) mass is 836 g/mol. The van der Waals surface area contributed by atoms with Crippen LogP contribution in [0.25, 0.3) is 0 Å². The van der Waals surface area contributed by atoms with Crippen molar-refractivity contribution in [2.45, 2.75) is 115 Å². The summed E-state index contributed by atoms with van der Waals surface area (Å²) in [5, 5.41) is 11.6. The molecular formula is C46H53ClN6O7. The van der Waals surface area contributed by atoms with E-state index in [2.05, 4.69) is 28.1 Å². The molecule has 7 rings (SSSR count). The SMILES string of the molecule is CC(CC1CCC(C)N1C(=O)c1ccc(OC2CCN(C3CCN(c4ccc5c(c4)C(=O)N(C(C)CCC(=O)NC=O)C5=O)CC3)CC2)cc1)Oc1ccc(C#N)c(Cl)c1. The van der Waals surface area contributed by atoms with Crippen molar-refractivity contribution >= 4 is 47.3 Å². The summed E-state index contributed by atoms with van der Waals surface area (Å²) < 4.78 is 12.6. The largest absolute Gasteiger partial charge is 0.491 e. The van der Waals surface area contributed by atoms with Gasteiger partial charge in [-0.3, -0.25) is 39.1 Å². The second-order valence-corrected chi connectivity index (χ2v) is 17.0. The summed E-state index contributed by atoms with van der Waals surface area (Å²) in [5.74, 6) is 0.229. The Morgan fingerprint density at radius 1 is 0.900 bits per heavy atom. The molecular weight excluding hydrogens is 784 g/mol. The number of hydrogen-bond donors (Lipinski definition) is 1. The van der Waals surface area contributed by atoms with E-state index >= 15 is 0 Å². The third-order valence-corrected chi connectivity index (χ3v) is 12.9. The number of hydrogen-bond acceptors (Lipinski definition) is 10. The van der Waals surface area contributed by atoms with Gasteiger partial charge in [-0.15, -0.1) is 0 Å². The number of carbonyl (C=O) groups is 5. The summed E-state index contributed by atoms with van der Waals surface area (Å²) in [6.45, 7) is 9.41. The number of amides is 5. The Morgan fingerprint density at radius 3 is 2.28 bits per heavy atom. The molecule has 316 valence electrons. The predicted octanol–water partition coefficient (Wildman–Crippen LogP) is 6.61. The number of nitrogens with zero attached hydrogens (tertiary/aromatic N) is 5. The smallest absolute Gasteiger partial charge is 0.261 e. The van der Waals surface area contributed by atoms with Crippen LogP contribution in [0, 0.1) is 11.3 Å². The minimum absolute atomic E-state index is 0.0120. The summed E-state index contributed by atoms with van der Waals surface area (Å²) in [5.41, 5.74) is 2.74. The highest BCUT2D eigenvalue weighted by Gasteiger charge is 2.40. The van der Waals surface area contributed by atoms with E-state index in [1.54, 1.807) is 31.2 Å². The van der Waals surface area contributed by atoms with Crippen molar-refractivity contribution in [3.05, 3.63) is 87.9 Å². The number of benzene rings is 3. The number of piperidine rings is 2. The van der Waals surface area contributed by atoms with Crippen molar-refractivity contribution < 1.29 is 33.4 Å². The fraction of sp³-hybridized carbons (Fsp3) is 0.478. The van der Waals surface area contributed by atoms with Gasteiger partial charge in [0.25, 0.3) is 17.7 Å². The number of ether oxygens (including phenoxy) is 2. The zero-order valence-electron chi connectivity index (χ0n) is 34.5. The van der Waals surface area contributed by atoms with Crippen LogP contribution in [0.5, 0.6) is 11.5 Å². The van der Waals surface area contributed by atoms with Crippen LogP contribution in [-0.2, 0) is 9.59 Å². The number of nitriles is 1. The highest BCUT2D eigenvalue weighted by atomic mass is 35.5. The van der Waals surface area contributed by atoms with Gasteiger partial charge < -0.3 is 19.3 Å². The Morgan fingerprint density at radius 2 is 1.60 bits per heavy atom. The van der Waals surface area contributed by atoms with E-state index in [-0.39, 0.29) is 54.9 Å². The molecule has 0 saturated carbocycles. The number of rotatable bonds is 14. The van der Waals surface area contributed by atoms with Crippen LogP contribution in [0.3, 0.4) is 0 Å². The maximum Gasteiger partial charge on any atom is 0.261 e. The Labute approximate surface area is 356 Å². The van der Waals surface area contributed by atoms with Gasteiger partial charge in [0, 0.05) is 80.5 Å². The minimum Gasteiger partial charge on any atom is -0.491 e. The Hall–Kier alpha value is -5.45. The molecule has 4 atom stereocenters. The van der Waals surface area contributed by atoms with Crippen LogP contribution < -0.4 is 19.7 Å². The molecule has 13 nitrogen and oxygen atoms in total. The second kappa shape index (κ2) is 18.9. The molecule has 3 aromatic carbocycles. The number of fused-ring (bicyclic) bond motifs is 1. The first-order valence-electron chi connectivity index (χ1n) is 21.1. The van der Waals surface area contributed by atoms with Gasteiger partial charge in [0.05, 0.1) is 27.8 Å². The van der Waals surface area contributed by atoms with Crippen LogP contribution in [0.15, 0.2) is 60.7 Å². The van der Waals surface area contributed by atoms with E-state index in [0.29, 0.717) is 51.9 Å². The normalized spacial score (nSPS) is 21.0. The molecule has 0 bridgehead atoms. The Bertz CT molecular complexity index is 2130. The fourth-order valence-corrected chi connectivity index (χ4v) is 9.52. The predicted molar refractivity (Wildman–Crippen MR) is 226 cm³/mol. The van der Waals surface area contributed by atoms with Gasteiger partial charge in [-0.1, -0.05) is 11.6 Å². The van der Waals surface area contributed by atoms with Gasteiger partial charge in [-0.2, -0.15) is 5.26 Å². The number of halogens is 1. The summed E-state index contributed by atoms with van der Waals surface area (Å²) in [7, 11) is 0. The molecule has 4 unspecified atom stereocenters. The van der Waals surface area contributed by atoms with Gasteiger partial charge in [0.1, 0.15) is 23.7 Å². The van der Waals surface area contributed by atoms with Crippen molar-refractivity contribution in [1.29, 1.82) is 5.26 Å². The third-order valence-electron chi connectivity index (χ3n) is 12.6. The van der Waals surface area contributed by atoms with Crippen molar-refractivity contribution in [1.82, 2.24) is 20.0 Å². The van der Waals surface area contributed by atoms with Crippen LogP contribution in [-0.4, -0.2) is 107 Å². The Balaban J connectivity index is 0.854. The number of nitrogens with one attached hydrogen (secondary N) is 1. The molecule has 1 N–H and O–H groups in total. The number of imide groups is 2. The number of likely N-dealkylation sites (tertiary alicyclic amines) is 2. The topological polar surface area (TPSA) is 153 Å². The summed E-state index contributed by atoms with van der Waals surface area (Å²) in [6, 6.07) is 20.3. The second-order valence-electron chi connectivity index (χ2n) is 16.6. The van der Waals surface area contributed by atoms with Gasteiger partial charge in [0.2, 0.25) is 12.3 Å². The van der Waals surface area contributed by atoms with Crippen molar-refractivity contribution in [3.8, 4) is 17.6 Å². The van der Waals surface area contributed by atoms with Gasteiger partial charge in [-0.05, 0) is 120 Å². The van der Waals surface area contributed by atoms with Crippen LogP contribution in [0.1, 0.15) is 115 Å². The van der Waals surface area contributed by atoms with E-state index in [1.807, 2.05) is 48.2 Å². The maximum atomic E-state index is 13.8. The van der Waals surface area contributed by atoms with Crippen LogP contribution in [0.4, 0.5) is 5.69 Å². The Kier molecular flexibility index (Phi) is 13.4. The lowest BCUT2D eigenvalue weighted by Gasteiger charge is -2.42. The molecule has 0 aromatic heterocycles. The average Bonchev–Trinajstić information content (AvgIpc) is 3.73. The van der Waals surface area contributed by atoms with E-state index in [1.165, 1.54) is 4.90 Å². The zero-order valence-corrected chi connectivity index (χ0v) is 35.2. The molecule has 4 heterocycles. The number of carbonyl (C=O) groups excluding carboxylic acids is 5. The van der Waals surface area contributed by atoms with Crippen molar-refractivity contribution in [2.24, 2.45) is 0 Å². The van der Waals surface area contributed by atoms with Crippen molar-refractivity contribution in [2.75, 3.05) is 31.1 Å². The van der Waals surface area contributed by atoms with Crippen LogP contribution >= 0.6 is 11.6 Å². The summed E-state index contributed by atoms with van der Waals surface area (Å²) in [6.07, 6.45) is 6.92. The van der Waals surface area contributed by atoms with Gasteiger partial charge in [-0.25, -0.2) is 0 Å². The standard InChI is InChI=1S/C46H53ClN6O7/c1-29-4-9-36(24-31(3)59-39-13-8-33(27-48)42(47)26-39)52(29)44(56)32-6-11-37(12-7-32)60-38-18-22-50(23-19-38)34-16-20-51(21-17-34)35-10-14-40-41(25-35)46(58)53(45(40)57)30(2)5-15-43(55)49-28-54/h6-8,10-14,25-26,28-31,34,36,38H,4-5,9,15-24H2,1-3H3,(H,49,54,55). The molecule has 5 amide bonds. The van der Waals surface area contributed by atoms with Gasteiger partial charge >= 0.3 is 0 Å². The average molecular weight is 837 g/mol. The molecule has 3 fully saturated rings. The molecule has 4 aliphatic heterocycles. The molecule has 0 radical (unpaired) electrons. The quantitative estimate of drug-likeness (QED) is 0.139. The fourth-order valence-electron chi connectivity index (χ4n) is 9.31. The maximum absolute atomic E-state index is 13.8. The summed E-state index contributed by atoms with van der Waals surface area (Å²) >= 11 is 6.20. The highest BCUT2D eigenvalue weighted by molar-refractivity contribution is 6.31. The minimum atomic E-state index is -0.482. The first kappa shape index (κ1) is 42.7. The molecule has 60 heavy (non-hydrogen) atoms. The molecule has 0 spiro atoms. The lowest BCUT2D eigenvalue weighted by Crippen LogP contribution is -2.49. The van der Waals surface area contributed by atoms with Crippen LogP contribution in [0.2, 0.25) is 5.02 Å². The van der Waals surface area contributed by atoms with Crippen molar-refractivity contribution in [3.63, 3.8) is 0 Å². The van der Waals surface area contributed by atoms with E-state index in [9.17, 15) is 24.0 Å². The molecule has 0 aliphatic carbocycles. The first-order chi connectivity index (χ1) is 28.9. The third kappa shape index (κ3) is 9.45. The van der Waals surface area contributed by atoms with E-state index in [0.717, 1.165) is 76.1 Å². The lowest BCUT2D eigenvalue weighted by atomic mass is 9.98. The highest BCUT2D eigenvalue weighted by Crippen LogP contribution is 2.34. The number of anilines is 1. The first-order valence-corrected chi connectivity index (χ1v) is 21.5. The van der Waals surface area contributed by atoms with E-state index in [4.69, 9.17) is 26.3 Å². The summed E-state index contributed by atoms with van der Waals surface area (Å²) in [4.78, 5) is 70.6. The molecule has 14 heteroatoms. The zero-order chi connectivity index (χ0) is 42.5. The van der Waals surface area contributed by atoms with E-state index < -0.39 is 11.9 Å². The molecule has 3 saturated heterocycles. The van der Waals surface area contributed by atoms with Gasteiger partial charge in [0.15, 0.2) is 0 Å².